The van der Waals surface area contributed by atoms with E-state index in [1.807, 2.05) is 0 Å². The second-order valence-corrected chi connectivity index (χ2v) is 8.01. The Kier molecular flexibility index (Phi) is 4.18. The molecule has 0 saturated carbocycles. The van der Waals surface area contributed by atoms with Gasteiger partial charge in [-0.15, -0.1) is 0 Å². The zero-order valence-corrected chi connectivity index (χ0v) is 14.8. The second-order valence-electron chi connectivity index (χ2n) is 4.92. The summed E-state index contributed by atoms with van der Waals surface area (Å²) in [6.07, 6.45) is 0. The Morgan fingerprint density at radius 3 is 2.74 bits per heavy atom. The molecule has 2 N–H and O–H groups in total. The normalized spacial score (nSPS) is 11.6. The molecule has 0 saturated heterocycles. The topological polar surface area (TPSA) is 71.1 Å². The molecule has 0 bridgehead atoms. The summed E-state index contributed by atoms with van der Waals surface area (Å²) in [4.78, 5) is 4.54. The minimum atomic E-state index is -3.70. The van der Waals surface area contributed by atoms with Crippen LogP contribution in [0.1, 0.15) is 5.56 Å². The lowest BCUT2D eigenvalue weighted by Gasteiger charge is -2.11. The lowest BCUT2D eigenvalue weighted by molar-refractivity contribution is 0.600. The van der Waals surface area contributed by atoms with Crippen LogP contribution in [0.4, 0.5) is 10.8 Å². The van der Waals surface area contributed by atoms with Crippen LogP contribution in [-0.2, 0) is 10.0 Å². The molecule has 3 aromatic rings. The number of anilines is 2. The Balaban J connectivity index is 1.98. The number of hydrogen-bond acceptors (Lipinski definition) is 5. The van der Waals surface area contributed by atoms with Gasteiger partial charge in [0.25, 0.3) is 10.0 Å². The van der Waals surface area contributed by atoms with E-state index in [1.165, 1.54) is 17.4 Å². The molecule has 0 unspecified atom stereocenters. The number of nitrogens with one attached hydrogen (secondary N) is 2. The van der Waals surface area contributed by atoms with Gasteiger partial charge in [-0.25, -0.2) is 13.4 Å². The standard InChI is InChI=1S/C15H14ClN3O2S2/c1-9-11(16)4-3-5-14(9)23(20,21)19-10-6-7-12-13(8-10)22-15(17-2)18-12/h3-8,19H,1-2H3,(H,17,18). The molecule has 120 valence electrons. The molecule has 1 aromatic heterocycles. The van der Waals surface area contributed by atoms with Gasteiger partial charge in [-0.3, -0.25) is 4.72 Å². The van der Waals surface area contributed by atoms with E-state index in [9.17, 15) is 8.42 Å². The Labute approximate surface area is 143 Å². The number of thiazole rings is 1. The first kappa shape index (κ1) is 16.0. The number of aromatic nitrogens is 1. The van der Waals surface area contributed by atoms with Gasteiger partial charge in [0.2, 0.25) is 0 Å². The highest BCUT2D eigenvalue weighted by molar-refractivity contribution is 7.92. The predicted octanol–water partition coefficient (Wildman–Crippen LogP) is 4.10. The van der Waals surface area contributed by atoms with Crippen LogP contribution in [-0.4, -0.2) is 20.4 Å². The van der Waals surface area contributed by atoms with Crippen molar-refractivity contribution in [2.75, 3.05) is 17.1 Å². The average Bonchev–Trinajstić information content (AvgIpc) is 2.91. The van der Waals surface area contributed by atoms with E-state index < -0.39 is 10.0 Å². The van der Waals surface area contributed by atoms with Crippen molar-refractivity contribution in [3.05, 3.63) is 47.0 Å². The summed E-state index contributed by atoms with van der Waals surface area (Å²) in [5.41, 5.74) is 1.84. The summed E-state index contributed by atoms with van der Waals surface area (Å²) in [5, 5.41) is 4.18. The number of rotatable bonds is 4. The third-order valence-corrected chi connectivity index (χ3v) is 6.33. The fourth-order valence-corrected chi connectivity index (χ4v) is 4.59. The maximum atomic E-state index is 12.6. The van der Waals surface area contributed by atoms with E-state index >= 15 is 0 Å². The van der Waals surface area contributed by atoms with Crippen molar-refractivity contribution in [3.63, 3.8) is 0 Å². The number of halogens is 1. The molecule has 0 atom stereocenters. The smallest absolute Gasteiger partial charge is 0.262 e. The van der Waals surface area contributed by atoms with Gasteiger partial charge in [0.1, 0.15) is 0 Å². The summed E-state index contributed by atoms with van der Waals surface area (Å²) in [7, 11) is -1.90. The van der Waals surface area contributed by atoms with Crippen LogP contribution in [0.25, 0.3) is 10.2 Å². The molecule has 0 spiro atoms. The minimum absolute atomic E-state index is 0.172. The Morgan fingerprint density at radius 2 is 2.00 bits per heavy atom. The monoisotopic (exact) mass is 367 g/mol. The zero-order valence-electron chi connectivity index (χ0n) is 12.4. The van der Waals surface area contributed by atoms with Crippen LogP contribution in [0.2, 0.25) is 5.02 Å². The molecule has 0 fully saturated rings. The van der Waals surface area contributed by atoms with Crippen LogP contribution in [0.3, 0.4) is 0 Å². The Hall–Kier alpha value is -1.83. The fraction of sp³-hybridized carbons (Fsp3) is 0.133. The SMILES string of the molecule is CNc1nc2ccc(NS(=O)(=O)c3cccc(Cl)c3C)cc2s1. The molecule has 3 rings (SSSR count). The van der Waals surface area contributed by atoms with Gasteiger partial charge in [0.05, 0.1) is 20.8 Å². The van der Waals surface area contributed by atoms with Gasteiger partial charge >= 0.3 is 0 Å². The van der Waals surface area contributed by atoms with Gasteiger partial charge in [-0.2, -0.15) is 0 Å². The molecule has 0 aliphatic carbocycles. The zero-order chi connectivity index (χ0) is 16.6. The van der Waals surface area contributed by atoms with Gasteiger partial charge in [0, 0.05) is 12.1 Å². The summed E-state index contributed by atoms with van der Waals surface area (Å²) < 4.78 is 28.6. The van der Waals surface area contributed by atoms with Crippen LogP contribution in [0.15, 0.2) is 41.3 Å². The summed E-state index contributed by atoms with van der Waals surface area (Å²) >= 11 is 7.47. The van der Waals surface area contributed by atoms with Crippen LogP contribution in [0, 0.1) is 6.92 Å². The third kappa shape index (κ3) is 3.12. The second kappa shape index (κ2) is 5.99. The molecule has 1 heterocycles. The fourth-order valence-electron chi connectivity index (χ4n) is 2.18. The largest absolute Gasteiger partial charge is 0.365 e. The number of benzene rings is 2. The quantitative estimate of drug-likeness (QED) is 0.728. The number of nitrogens with zero attached hydrogens (tertiary/aromatic N) is 1. The number of sulfonamides is 1. The number of fused-ring (bicyclic) bond motifs is 1. The van der Waals surface area contributed by atoms with Gasteiger partial charge in [-0.1, -0.05) is 29.0 Å². The summed E-state index contributed by atoms with van der Waals surface area (Å²) in [5.74, 6) is 0. The maximum Gasteiger partial charge on any atom is 0.262 e. The molecule has 2 aromatic carbocycles. The van der Waals surface area contributed by atoms with Crippen molar-refractivity contribution in [1.82, 2.24) is 4.98 Å². The highest BCUT2D eigenvalue weighted by atomic mass is 35.5. The van der Waals surface area contributed by atoms with Crippen molar-refractivity contribution in [2.24, 2.45) is 0 Å². The van der Waals surface area contributed by atoms with E-state index in [4.69, 9.17) is 11.6 Å². The summed E-state index contributed by atoms with van der Waals surface area (Å²) in [6.45, 7) is 1.68. The highest BCUT2D eigenvalue weighted by Crippen LogP contribution is 2.30. The van der Waals surface area contributed by atoms with Crippen LogP contribution in [0.5, 0.6) is 0 Å². The maximum absolute atomic E-state index is 12.6. The molecule has 0 amide bonds. The highest BCUT2D eigenvalue weighted by Gasteiger charge is 2.18. The van der Waals surface area contributed by atoms with E-state index in [1.54, 1.807) is 44.3 Å². The van der Waals surface area contributed by atoms with Crippen LogP contribution < -0.4 is 10.0 Å². The third-order valence-electron chi connectivity index (χ3n) is 3.36. The van der Waals surface area contributed by atoms with Crippen molar-refractivity contribution in [2.45, 2.75) is 11.8 Å². The lowest BCUT2D eigenvalue weighted by Crippen LogP contribution is -2.14. The summed E-state index contributed by atoms with van der Waals surface area (Å²) in [6, 6.07) is 10.1. The number of hydrogen-bond donors (Lipinski definition) is 2. The van der Waals surface area contributed by atoms with Crippen molar-refractivity contribution < 1.29 is 8.42 Å². The molecule has 0 radical (unpaired) electrons. The van der Waals surface area contributed by atoms with E-state index in [0.717, 1.165) is 15.3 Å². The Morgan fingerprint density at radius 1 is 1.22 bits per heavy atom. The molecule has 23 heavy (non-hydrogen) atoms. The Bertz CT molecular complexity index is 984. The first-order valence-corrected chi connectivity index (χ1v) is 9.45. The molecular formula is C15H14ClN3O2S2. The average molecular weight is 368 g/mol. The lowest BCUT2D eigenvalue weighted by atomic mass is 10.2. The van der Waals surface area contributed by atoms with Gasteiger partial charge < -0.3 is 5.32 Å². The van der Waals surface area contributed by atoms with Crippen molar-refractivity contribution >= 4 is 54.0 Å². The van der Waals surface area contributed by atoms with Gasteiger partial charge in [0.15, 0.2) is 5.13 Å². The van der Waals surface area contributed by atoms with Gasteiger partial charge in [-0.05, 0) is 42.8 Å². The first-order valence-electron chi connectivity index (χ1n) is 6.77. The predicted molar refractivity (Wildman–Crippen MR) is 96.2 cm³/mol. The molecule has 0 aliphatic rings. The molecule has 5 nitrogen and oxygen atoms in total. The molecule has 0 aliphatic heterocycles. The van der Waals surface area contributed by atoms with Crippen molar-refractivity contribution in [3.8, 4) is 0 Å². The minimum Gasteiger partial charge on any atom is -0.365 e. The van der Waals surface area contributed by atoms with E-state index in [0.29, 0.717) is 16.3 Å². The first-order chi connectivity index (χ1) is 10.9. The molecule has 8 heteroatoms. The van der Waals surface area contributed by atoms with Crippen molar-refractivity contribution in [1.29, 1.82) is 0 Å². The van der Waals surface area contributed by atoms with E-state index in [2.05, 4.69) is 15.0 Å². The van der Waals surface area contributed by atoms with Crippen LogP contribution >= 0.6 is 22.9 Å². The van der Waals surface area contributed by atoms with E-state index in [-0.39, 0.29) is 4.90 Å². The molecular weight excluding hydrogens is 354 g/mol.